The van der Waals surface area contributed by atoms with Crippen molar-refractivity contribution in [3.8, 4) is 11.8 Å². The number of furan rings is 1. The molecule has 28 heavy (non-hydrogen) atoms. The molecule has 0 aliphatic rings. The van der Waals surface area contributed by atoms with Crippen LogP contribution < -0.4 is 15.4 Å². The number of nitrogens with zero attached hydrogens (tertiary/aromatic N) is 1. The van der Waals surface area contributed by atoms with Crippen LogP contribution in [-0.2, 0) is 4.79 Å². The van der Waals surface area contributed by atoms with E-state index < -0.39 is 0 Å². The first kappa shape index (κ1) is 17.4. The zero-order valence-corrected chi connectivity index (χ0v) is 15.2. The number of anilines is 2. The van der Waals surface area contributed by atoms with Gasteiger partial charge < -0.3 is 19.8 Å². The molecule has 1 amide bonds. The molecule has 4 rings (SSSR count). The smallest absolute Gasteiger partial charge is 0.243 e. The molecule has 0 saturated carbocycles. The van der Waals surface area contributed by atoms with Crippen molar-refractivity contribution < 1.29 is 13.9 Å². The maximum Gasteiger partial charge on any atom is 0.243 e. The molecule has 138 valence electrons. The number of hydrogen-bond donors (Lipinski definition) is 2. The Balaban J connectivity index is 1.54. The van der Waals surface area contributed by atoms with E-state index in [0.717, 1.165) is 16.4 Å². The van der Waals surface area contributed by atoms with Gasteiger partial charge in [-0.25, -0.2) is 0 Å². The van der Waals surface area contributed by atoms with Gasteiger partial charge in [-0.2, -0.15) is 5.26 Å². The van der Waals surface area contributed by atoms with Crippen molar-refractivity contribution in [3.05, 3.63) is 66.2 Å². The summed E-state index contributed by atoms with van der Waals surface area (Å²) >= 11 is 0. The lowest BCUT2D eigenvalue weighted by Gasteiger charge is -2.11. The lowest BCUT2D eigenvalue weighted by atomic mass is 10.1. The Kier molecular flexibility index (Phi) is 4.56. The summed E-state index contributed by atoms with van der Waals surface area (Å²) in [6.45, 7) is 0.0406. The van der Waals surface area contributed by atoms with E-state index in [1.807, 2.05) is 42.5 Å². The number of nitriles is 1. The molecule has 1 heterocycles. The SMILES string of the molecule is COc1cc2c(cc1NCC(=O)Nc1cccc(C#N)c1)oc1ccccc12. The van der Waals surface area contributed by atoms with Gasteiger partial charge in [0.05, 0.1) is 31.0 Å². The highest BCUT2D eigenvalue weighted by atomic mass is 16.5. The van der Waals surface area contributed by atoms with E-state index in [2.05, 4.69) is 10.6 Å². The topological polar surface area (TPSA) is 87.3 Å². The van der Waals surface area contributed by atoms with E-state index in [9.17, 15) is 4.79 Å². The monoisotopic (exact) mass is 371 g/mol. The van der Waals surface area contributed by atoms with E-state index in [1.165, 1.54) is 0 Å². The third-order valence-electron chi connectivity index (χ3n) is 4.41. The third kappa shape index (κ3) is 3.33. The molecule has 0 fully saturated rings. The number of ether oxygens (including phenoxy) is 1. The van der Waals surface area contributed by atoms with Crippen LogP contribution >= 0.6 is 0 Å². The summed E-state index contributed by atoms with van der Waals surface area (Å²) in [5.41, 5.74) is 3.24. The number of carbonyl (C=O) groups excluding carboxylic acids is 1. The molecule has 6 nitrogen and oxygen atoms in total. The number of nitrogens with one attached hydrogen (secondary N) is 2. The first-order valence-corrected chi connectivity index (χ1v) is 8.71. The van der Waals surface area contributed by atoms with Crippen molar-refractivity contribution in [1.82, 2.24) is 0 Å². The van der Waals surface area contributed by atoms with Crippen molar-refractivity contribution in [2.45, 2.75) is 0 Å². The fourth-order valence-corrected chi connectivity index (χ4v) is 3.11. The van der Waals surface area contributed by atoms with E-state index in [-0.39, 0.29) is 12.5 Å². The Morgan fingerprint density at radius 2 is 1.93 bits per heavy atom. The van der Waals surface area contributed by atoms with Crippen LogP contribution in [0.1, 0.15) is 5.56 Å². The largest absolute Gasteiger partial charge is 0.495 e. The minimum atomic E-state index is -0.234. The number of fused-ring (bicyclic) bond motifs is 3. The van der Waals surface area contributed by atoms with Crippen LogP contribution in [0.2, 0.25) is 0 Å². The number of methoxy groups -OCH3 is 1. The van der Waals surface area contributed by atoms with Gasteiger partial charge in [-0.1, -0.05) is 24.3 Å². The summed E-state index contributed by atoms with van der Waals surface area (Å²) in [6.07, 6.45) is 0. The molecule has 0 spiro atoms. The second kappa shape index (κ2) is 7.33. The zero-order chi connectivity index (χ0) is 19.5. The minimum absolute atomic E-state index is 0.0406. The molecule has 0 saturated heterocycles. The lowest BCUT2D eigenvalue weighted by Crippen LogP contribution is -2.22. The average Bonchev–Trinajstić information content (AvgIpc) is 3.09. The highest BCUT2D eigenvalue weighted by Crippen LogP contribution is 2.36. The maximum absolute atomic E-state index is 12.3. The first-order chi connectivity index (χ1) is 13.7. The Bertz CT molecular complexity index is 1220. The fraction of sp³-hybridized carbons (Fsp3) is 0.0909. The first-order valence-electron chi connectivity index (χ1n) is 8.71. The van der Waals surface area contributed by atoms with Crippen molar-refractivity contribution in [1.29, 1.82) is 5.26 Å². The molecule has 0 aliphatic heterocycles. The van der Waals surface area contributed by atoms with E-state index in [0.29, 0.717) is 28.3 Å². The Morgan fingerprint density at radius 1 is 1.07 bits per heavy atom. The summed E-state index contributed by atoms with van der Waals surface area (Å²) < 4.78 is 11.4. The summed E-state index contributed by atoms with van der Waals surface area (Å²) in [5.74, 6) is 0.389. The maximum atomic E-state index is 12.3. The summed E-state index contributed by atoms with van der Waals surface area (Å²) in [6, 6.07) is 20.3. The number of hydrogen-bond acceptors (Lipinski definition) is 5. The number of carbonyl (C=O) groups is 1. The lowest BCUT2D eigenvalue weighted by molar-refractivity contribution is -0.114. The van der Waals surface area contributed by atoms with Crippen LogP contribution in [-0.4, -0.2) is 19.6 Å². The predicted octanol–water partition coefficient (Wildman–Crippen LogP) is 4.52. The van der Waals surface area contributed by atoms with Crippen LogP contribution in [0.25, 0.3) is 21.9 Å². The molecular weight excluding hydrogens is 354 g/mol. The van der Waals surface area contributed by atoms with Gasteiger partial charge in [-0.3, -0.25) is 4.79 Å². The molecule has 6 heteroatoms. The quantitative estimate of drug-likeness (QED) is 0.539. The molecule has 1 aromatic heterocycles. The molecule has 0 radical (unpaired) electrons. The summed E-state index contributed by atoms with van der Waals surface area (Å²) in [4.78, 5) is 12.3. The van der Waals surface area contributed by atoms with Crippen LogP contribution in [0.15, 0.2) is 65.1 Å². The van der Waals surface area contributed by atoms with Gasteiger partial charge in [0.25, 0.3) is 0 Å². The zero-order valence-electron chi connectivity index (χ0n) is 15.2. The average molecular weight is 371 g/mol. The fourth-order valence-electron chi connectivity index (χ4n) is 3.11. The van der Waals surface area contributed by atoms with Crippen LogP contribution in [0.4, 0.5) is 11.4 Å². The van der Waals surface area contributed by atoms with Gasteiger partial charge in [-0.15, -0.1) is 0 Å². The number of benzene rings is 3. The molecule has 3 aromatic carbocycles. The molecule has 0 aliphatic carbocycles. The molecule has 2 N–H and O–H groups in total. The Hall–Kier alpha value is -3.98. The van der Waals surface area contributed by atoms with E-state index in [4.69, 9.17) is 14.4 Å². The van der Waals surface area contributed by atoms with Gasteiger partial charge in [0, 0.05) is 22.5 Å². The second-order valence-corrected chi connectivity index (χ2v) is 6.24. The minimum Gasteiger partial charge on any atom is -0.495 e. The molecule has 0 unspecified atom stereocenters. The number of amides is 1. The standard InChI is InChI=1S/C22H17N3O3/c1-27-21-10-17-16-7-2-3-8-19(16)28-20(17)11-18(21)24-13-22(26)25-15-6-4-5-14(9-15)12-23/h2-11,24H,13H2,1H3,(H,25,26). The third-order valence-corrected chi connectivity index (χ3v) is 4.41. The molecule has 0 atom stereocenters. The highest BCUT2D eigenvalue weighted by molar-refractivity contribution is 6.06. The summed E-state index contributed by atoms with van der Waals surface area (Å²) in [7, 11) is 1.59. The van der Waals surface area contributed by atoms with Crippen molar-refractivity contribution >= 4 is 39.2 Å². The Morgan fingerprint density at radius 3 is 2.75 bits per heavy atom. The normalized spacial score (nSPS) is 10.6. The van der Waals surface area contributed by atoms with Gasteiger partial charge in [0.2, 0.25) is 5.91 Å². The van der Waals surface area contributed by atoms with Crippen molar-refractivity contribution in [2.24, 2.45) is 0 Å². The summed E-state index contributed by atoms with van der Waals surface area (Å²) in [5, 5.41) is 16.8. The highest BCUT2D eigenvalue weighted by Gasteiger charge is 2.13. The molecule has 0 bridgehead atoms. The predicted molar refractivity (Wildman–Crippen MR) is 109 cm³/mol. The van der Waals surface area contributed by atoms with E-state index in [1.54, 1.807) is 31.4 Å². The van der Waals surface area contributed by atoms with Crippen molar-refractivity contribution in [2.75, 3.05) is 24.3 Å². The molecule has 4 aromatic rings. The van der Waals surface area contributed by atoms with Gasteiger partial charge >= 0.3 is 0 Å². The van der Waals surface area contributed by atoms with Crippen LogP contribution in [0.3, 0.4) is 0 Å². The number of rotatable bonds is 5. The van der Waals surface area contributed by atoms with Crippen molar-refractivity contribution in [3.63, 3.8) is 0 Å². The van der Waals surface area contributed by atoms with Gasteiger partial charge in [-0.05, 0) is 30.3 Å². The van der Waals surface area contributed by atoms with Gasteiger partial charge in [0.1, 0.15) is 16.9 Å². The van der Waals surface area contributed by atoms with Gasteiger partial charge in [0.15, 0.2) is 0 Å². The second-order valence-electron chi connectivity index (χ2n) is 6.24. The Labute approximate surface area is 161 Å². The number of para-hydroxylation sites is 1. The van der Waals surface area contributed by atoms with Crippen LogP contribution in [0.5, 0.6) is 5.75 Å². The molecular formula is C22H17N3O3. The van der Waals surface area contributed by atoms with E-state index >= 15 is 0 Å². The van der Waals surface area contributed by atoms with Crippen LogP contribution in [0, 0.1) is 11.3 Å².